The topological polar surface area (TPSA) is 66.2 Å². The molecule has 0 aromatic carbocycles. The van der Waals surface area contributed by atoms with E-state index in [1.165, 1.54) is 31.1 Å². The van der Waals surface area contributed by atoms with Gasteiger partial charge < -0.3 is 20.3 Å². The molecule has 0 aromatic heterocycles. The average molecular weight is 357 g/mol. The smallest absolute Gasteiger partial charge is 0.0991 e. The zero-order valence-corrected chi connectivity index (χ0v) is 15.8. The first-order chi connectivity index (χ1) is 12.8. The second-order valence-corrected chi connectivity index (χ2v) is 6.81. The largest absolute Gasteiger partial charge is 0.501 e. The second kappa shape index (κ2) is 12.3. The summed E-state index contributed by atoms with van der Waals surface area (Å²) in [6.45, 7) is 1.42. The predicted molar refractivity (Wildman–Crippen MR) is 108 cm³/mol. The molecule has 4 nitrogen and oxygen atoms in total. The quantitative estimate of drug-likeness (QED) is 0.292. The lowest BCUT2D eigenvalue weighted by Crippen LogP contribution is -2.06. The molecule has 0 amide bonds. The summed E-state index contributed by atoms with van der Waals surface area (Å²) in [6.07, 6.45) is 21.5. The Morgan fingerprint density at radius 2 is 1.65 bits per heavy atom. The molecule has 0 heterocycles. The van der Waals surface area contributed by atoms with Gasteiger partial charge in [-0.1, -0.05) is 12.2 Å². The summed E-state index contributed by atoms with van der Waals surface area (Å²) in [5.41, 5.74) is 3.18. The van der Waals surface area contributed by atoms with Crippen molar-refractivity contribution in [2.75, 3.05) is 13.2 Å². The van der Waals surface area contributed by atoms with E-state index in [2.05, 4.69) is 0 Å². The molecule has 2 aliphatic carbocycles. The van der Waals surface area contributed by atoms with E-state index in [1.54, 1.807) is 12.3 Å². The highest BCUT2D eigenvalue weighted by Crippen LogP contribution is 2.26. The van der Waals surface area contributed by atoms with Gasteiger partial charge in [-0.05, 0) is 81.1 Å². The van der Waals surface area contributed by atoms with Crippen LogP contribution in [0.5, 0.6) is 0 Å². The molecule has 0 atom stereocenters. The third-order valence-corrected chi connectivity index (χ3v) is 4.77. The summed E-state index contributed by atoms with van der Waals surface area (Å²) in [4.78, 5) is 0. The van der Waals surface area contributed by atoms with Gasteiger partial charge in [-0.3, -0.25) is 0 Å². The molecule has 0 spiro atoms. The van der Waals surface area contributed by atoms with Gasteiger partial charge in [0.15, 0.2) is 0 Å². The highest BCUT2D eigenvalue weighted by atomic mass is 16.5. The van der Waals surface area contributed by atoms with Crippen LogP contribution in [-0.4, -0.2) is 25.1 Å². The Kier molecular flexibility index (Phi) is 9.55. The van der Waals surface area contributed by atoms with Crippen molar-refractivity contribution < 1.29 is 9.47 Å². The molecule has 26 heavy (non-hydrogen) atoms. The zero-order valence-electron chi connectivity index (χ0n) is 15.8. The normalized spacial score (nSPS) is 20.3. The van der Waals surface area contributed by atoms with Crippen LogP contribution in [0, 0.1) is 10.8 Å². The van der Waals surface area contributed by atoms with E-state index in [0.29, 0.717) is 6.61 Å². The Bertz CT molecular complexity index is 585. The van der Waals surface area contributed by atoms with Crippen molar-refractivity contribution >= 4 is 11.9 Å². The Labute approximate surface area is 157 Å². The van der Waals surface area contributed by atoms with Crippen LogP contribution >= 0.6 is 0 Å². The number of allylic oxidation sites excluding steroid dienone is 7. The van der Waals surface area contributed by atoms with E-state index >= 15 is 0 Å². The molecule has 2 aliphatic rings. The third-order valence-electron chi connectivity index (χ3n) is 4.77. The van der Waals surface area contributed by atoms with Crippen LogP contribution in [-0.2, 0) is 9.47 Å². The van der Waals surface area contributed by atoms with Crippen LogP contribution in [0.1, 0.15) is 64.2 Å². The number of rotatable bonds is 10. The summed E-state index contributed by atoms with van der Waals surface area (Å²) in [5, 5.41) is 15.0. The van der Waals surface area contributed by atoms with Crippen molar-refractivity contribution in [3.8, 4) is 0 Å². The van der Waals surface area contributed by atoms with Gasteiger partial charge >= 0.3 is 0 Å². The molecule has 0 saturated heterocycles. The number of hydrogen-bond donors (Lipinski definition) is 2. The summed E-state index contributed by atoms with van der Waals surface area (Å²) in [6, 6.07) is 0. The SMILES string of the molecule is N=C/C=C\C1=C(OCCCCO/C=C\C=C2\CCCCC2=N)CCCC1. The van der Waals surface area contributed by atoms with Crippen molar-refractivity contribution in [1.29, 1.82) is 10.8 Å². The fourth-order valence-electron chi connectivity index (χ4n) is 3.28. The van der Waals surface area contributed by atoms with Crippen LogP contribution in [0.2, 0.25) is 0 Å². The van der Waals surface area contributed by atoms with Gasteiger partial charge in [-0.15, -0.1) is 0 Å². The van der Waals surface area contributed by atoms with Crippen molar-refractivity contribution in [2.45, 2.75) is 64.2 Å². The first kappa shape index (κ1) is 20.2. The standard InChI is InChI=1S/C22H32N2O2/c23-15-7-11-20-10-2-4-14-22(20)26-18-6-5-16-25-17-8-12-19-9-1-3-13-21(19)24/h7-8,11-12,15,17,23-24H,1-6,9-10,13-14,16,18H2/b11-7-,17-8-,19-12-,23-15?,24-21?. The van der Waals surface area contributed by atoms with Crippen molar-refractivity contribution in [2.24, 2.45) is 0 Å². The van der Waals surface area contributed by atoms with Gasteiger partial charge in [0.05, 0.1) is 25.2 Å². The van der Waals surface area contributed by atoms with E-state index in [4.69, 9.17) is 20.3 Å². The van der Waals surface area contributed by atoms with E-state index in [-0.39, 0.29) is 0 Å². The minimum Gasteiger partial charge on any atom is -0.501 e. The zero-order chi connectivity index (χ0) is 18.5. The first-order valence-corrected chi connectivity index (χ1v) is 9.88. The van der Waals surface area contributed by atoms with Gasteiger partial charge in [0.1, 0.15) is 0 Å². The highest BCUT2D eigenvalue weighted by molar-refractivity contribution is 5.98. The van der Waals surface area contributed by atoms with Gasteiger partial charge in [-0.25, -0.2) is 0 Å². The summed E-state index contributed by atoms with van der Waals surface area (Å²) >= 11 is 0. The van der Waals surface area contributed by atoms with E-state index in [9.17, 15) is 0 Å². The molecular weight excluding hydrogens is 324 g/mol. The number of ether oxygens (including phenoxy) is 2. The Hall–Kier alpha value is -2.10. The Morgan fingerprint density at radius 3 is 2.50 bits per heavy atom. The van der Waals surface area contributed by atoms with Crippen LogP contribution < -0.4 is 0 Å². The second-order valence-electron chi connectivity index (χ2n) is 6.81. The monoisotopic (exact) mass is 356 g/mol. The summed E-state index contributed by atoms with van der Waals surface area (Å²) in [5.74, 6) is 1.11. The molecule has 2 N–H and O–H groups in total. The van der Waals surface area contributed by atoms with Crippen molar-refractivity contribution in [1.82, 2.24) is 0 Å². The van der Waals surface area contributed by atoms with Gasteiger partial charge in [0, 0.05) is 18.3 Å². The Morgan fingerprint density at radius 1 is 0.885 bits per heavy atom. The maximum atomic E-state index is 7.90. The fraction of sp³-hybridized carbons (Fsp3) is 0.545. The lowest BCUT2D eigenvalue weighted by Gasteiger charge is -2.19. The maximum Gasteiger partial charge on any atom is 0.0991 e. The predicted octanol–water partition coefficient (Wildman–Crippen LogP) is 5.87. The minimum atomic E-state index is 0.695. The van der Waals surface area contributed by atoms with Crippen LogP contribution in [0.3, 0.4) is 0 Å². The third kappa shape index (κ3) is 7.42. The maximum absolute atomic E-state index is 7.90. The molecule has 0 radical (unpaired) electrons. The van der Waals surface area contributed by atoms with E-state index < -0.39 is 0 Å². The van der Waals surface area contributed by atoms with Crippen molar-refractivity contribution in [3.05, 3.63) is 47.5 Å². The minimum absolute atomic E-state index is 0.695. The van der Waals surface area contributed by atoms with E-state index in [0.717, 1.165) is 68.6 Å². The summed E-state index contributed by atoms with van der Waals surface area (Å²) in [7, 11) is 0. The average Bonchev–Trinajstić information content (AvgIpc) is 2.67. The van der Waals surface area contributed by atoms with Gasteiger partial charge in [-0.2, -0.15) is 0 Å². The molecule has 4 heteroatoms. The lowest BCUT2D eigenvalue weighted by molar-refractivity contribution is 0.172. The number of unbranched alkanes of at least 4 members (excludes halogenated alkanes) is 1. The lowest BCUT2D eigenvalue weighted by atomic mass is 9.93. The highest BCUT2D eigenvalue weighted by Gasteiger charge is 2.12. The number of nitrogens with one attached hydrogen (secondary N) is 2. The molecule has 1 saturated carbocycles. The van der Waals surface area contributed by atoms with Crippen molar-refractivity contribution in [3.63, 3.8) is 0 Å². The molecule has 0 aliphatic heterocycles. The van der Waals surface area contributed by atoms with Crippen LogP contribution in [0.15, 0.2) is 47.5 Å². The molecule has 142 valence electrons. The van der Waals surface area contributed by atoms with Gasteiger partial charge in [0.25, 0.3) is 0 Å². The van der Waals surface area contributed by atoms with E-state index in [1.807, 2.05) is 18.2 Å². The fourth-order valence-corrected chi connectivity index (χ4v) is 3.28. The van der Waals surface area contributed by atoms with Crippen LogP contribution in [0.4, 0.5) is 0 Å². The Balaban J connectivity index is 1.59. The summed E-state index contributed by atoms with van der Waals surface area (Å²) < 4.78 is 11.5. The molecule has 1 fully saturated rings. The molecular formula is C22H32N2O2. The van der Waals surface area contributed by atoms with Gasteiger partial charge in [0.2, 0.25) is 0 Å². The molecule has 2 rings (SSSR count). The van der Waals surface area contributed by atoms with Crippen LogP contribution in [0.25, 0.3) is 0 Å². The molecule has 0 unspecified atom stereocenters. The number of hydrogen-bond acceptors (Lipinski definition) is 4. The molecule has 0 aromatic rings. The first-order valence-electron chi connectivity index (χ1n) is 9.88. The molecule has 0 bridgehead atoms.